The van der Waals surface area contributed by atoms with E-state index in [2.05, 4.69) is 25.2 Å². The summed E-state index contributed by atoms with van der Waals surface area (Å²) in [6, 6.07) is 4.08. The van der Waals surface area contributed by atoms with E-state index in [-0.39, 0.29) is 9.92 Å². The molecular formula is C13H18N2O2S. The molecule has 0 bridgehead atoms. The standard InChI is InChI=1S/C13H18N2O2S/c1-9(2)10(8-14-11-3-4-11)7-12-5-6-13(18-12)15(16)17/h5-7,9,11,14H,3-4,8H2,1-2H3/b10-7+. The second-order valence-electron chi connectivity index (χ2n) is 4.96. The second-order valence-corrected chi connectivity index (χ2v) is 6.06. The van der Waals surface area contributed by atoms with E-state index in [0.717, 1.165) is 11.4 Å². The molecule has 0 spiro atoms. The van der Waals surface area contributed by atoms with E-state index < -0.39 is 0 Å². The molecule has 1 aromatic rings. The quantitative estimate of drug-likeness (QED) is 0.634. The van der Waals surface area contributed by atoms with Gasteiger partial charge in [-0.2, -0.15) is 0 Å². The molecule has 0 saturated heterocycles. The minimum Gasteiger partial charge on any atom is -0.310 e. The van der Waals surface area contributed by atoms with Crippen molar-refractivity contribution < 1.29 is 4.92 Å². The van der Waals surface area contributed by atoms with E-state index in [0.29, 0.717) is 12.0 Å². The summed E-state index contributed by atoms with van der Waals surface area (Å²) in [5, 5.41) is 14.3. The molecule has 2 rings (SSSR count). The zero-order valence-corrected chi connectivity index (χ0v) is 11.5. The monoisotopic (exact) mass is 266 g/mol. The van der Waals surface area contributed by atoms with Gasteiger partial charge in [-0.1, -0.05) is 30.8 Å². The third-order valence-electron chi connectivity index (χ3n) is 3.03. The fourth-order valence-corrected chi connectivity index (χ4v) is 2.47. The predicted molar refractivity (Wildman–Crippen MR) is 74.8 cm³/mol. The van der Waals surface area contributed by atoms with Crippen LogP contribution >= 0.6 is 11.3 Å². The van der Waals surface area contributed by atoms with E-state index in [1.54, 1.807) is 6.07 Å². The van der Waals surface area contributed by atoms with Gasteiger partial charge in [0, 0.05) is 23.5 Å². The predicted octanol–water partition coefficient (Wildman–Crippen LogP) is 3.45. The molecule has 1 saturated carbocycles. The Bertz CT molecular complexity index is 461. The van der Waals surface area contributed by atoms with Crippen LogP contribution in [0.2, 0.25) is 0 Å². The van der Waals surface area contributed by atoms with Gasteiger partial charge < -0.3 is 5.32 Å². The molecule has 1 aliphatic rings. The highest BCUT2D eigenvalue weighted by atomic mass is 32.1. The summed E-state index contributed by atoms with van der Waals surface area (Å²) in [5.74, 6) is 0.456. The summed E-state index contributed by atoms with van der Waals surface area (Å²) in [6.45, 7) is 5.19. The molecule has 4 nitrogen and oxygen atoms in total. The molecule has 0 atom stereocenters. The summed E-state index contributed by atoms with van der Waals surface area (Å²) in [7, 11) is 0. The summed E-state index contributed by atoms with van der Waals surface area (Å²) in [6.07, 6.45) is 4.63. The highest BCUT2D eigenvalue weighted by Gasteiger charge is 2.21. The minimum absolute atomic E-state index is 0.208. The van der Waals surface area contributed by atoms with Crippen LogP contribution in [-0.4, -0.2) is 17.5 Å². The first-order chi connectivity index (χ1) is 8.56. The van der Waals surface area contributed by atoms with E-state index in [1.165, 1.54) is 29.8 Å². The maximum atomic E-state index is 10.6. The Morgan fingerprint density at radius 3 is 2.83 bits per heavy atom. The third-order valence-corrected chi connectivity index (χ3v) is 4.02. The topological polar surface area (TPSA) is 55.2 Å². The van der Waals surface area contributed by atoms with Gasteiger partial charge in [0.1, 0.15) is 0 Å². The summed E-state index contributed by atoms with van der Waals surface area (Å²) < 4.78 is 0. The van der Waals surface area contributed by atoms with Crippen molar-refractivity contribution in [2.24, 2.45) is 5.92 Å². The highest BCUT2D eigenvalue weighted by molar-refractivity contribution is 7.16. The summed E-state index contributed by atoms with van der Waals surface area (Å²) in [5.41, 5.74) is 1.30. The number of hydrogen-bond acceptors (Lipinski definition) is 4. The van der Waals surface area contributed by atoms with Crippen LogP contribution in [0.4, 0.5) is 5.00 Å². The SMILES string of the molecule is CC(C)/C(=C/c1ccc([N+](=O)[O-])s1)CNC1CC1. The lowest BCUT2D eigenvalue weighted by Crippen LogP contribution is -2.21. The average Bonchev–Trinajstić information content (AvgIpc) is 3.01. The van der Waals surface area contributed by atoms with Crippen LogP contribution in [0.25, 0.3) is 6.08 Å². The Labute approximate surface area is 111 Å². The van der Waals surface area contributed by atoms with Gasteiger partial charge in [-0.3, -0.25) is 10.1 Å². The van der Waals surface area contributed by atoms with Crippen LogP contribution in [0, 0.1) is 16.0 Å². The van der Waals surface area contributed by atoms with Crippen LogP contribution in [0.5, 0.6) is 0 Å². The third kappa shape index (κ3) is 3.65. The normalized spacial score (nSPS) is 16.3. The smallest absolute Gasteiger partial charge is 0.310 e. The molecule has 1 aliphatic carbocycles. The van der Waals surface area contributed by atoms with Crippen molar-refractivity contribution >= 4 is 22.4 Å². The molecule has 1 fully saturated rings. The van der Waals surface area contributed by atoms with Crippen LogP contribution < -0.4 is 5.32 Å². The fraction of sp³-hybridized carbons (Fsp3) is 0.538. The molecular weight excluding hydrogens is 248 g/mol. The lowest BCUT2D eigenvalue weighted by Gasteiger charge is -2.11. The van der Waals surface area contributed by atoms with Gasteiger partial charge in [0.15, 0.2) is 0 Å². The lowest BCUT2D eigenvalue weighted by molar-refractivity contribution is -0.380. The van der Waals surface area contributed by atoms with Crippen LogP contribution in [0.15, 0.2) is 17.7 Å². The number of rotatable bonds is 6. The van der Waals surface area contributed by atoms with Crippen molar-refractivity contribution in [3.8, 4) is 0 Å². The van der Waals surface area contributed by atoms with Gasteiger partial charge in [-0.15, -0.1) is 0 Å². The molecule has 18 heavy (non-hydrogen) atoms. The maximum absolute atomic E-state index is 10.6. The molecule has 0 aromatic carbocycles. The van der Waals surface area contributed by atoms with E-state index >= 15 is 0 Å². The van der Waals surface area contributed by atoms with Crippen molar-refractivity contribution in [2.45, 2.75) is 32.7 Å². The van der Waals surface area contributed by atoms with Crippen LogP contribution in [0.3, 0.4) is 0 Å². The Morgan fingerprint density at radius 2 is 2.33 bits per heavy atom. The number of thiophene rings is 1. The van der Waals surface area contributed by atoms with Crippen LogP contribution in [-0.2, 0) is 0 Å². The molecule has 0 unspecified atom stereocenters. The maximum Gasteiger partial charge on any atom is 0.324 e. The summed E-state index contributed by atoms with van der Waals surface area (Å²) in [4.78, 5) is 11.3. The van der Waals surface area contributed by atoms with E-state index in [4.69, 9.17) is 0 Å². The Morgan fingerprint density at radius 1 is 1.61 bits per heavy atom. The molecule has 1 heterocycles. The van der Waals surface area contributed by atoms with Crippen molar-refractivity contribution in [3.63, 3.8) is 0 Å². The first-order valence-electron chi connectivity index (χ1n) is 6.24. The first-order valence-corrected chi connectivity index (χ1v) is 7.06. The molecule has 5 heteroatoms. The Balaban J connectivity index is 2.06. The zero-order valence-electron chi connectivity index (χ0n) is 10.7. The lowest BCUT2D eigenvalue weighted by atomic mass is 10.0. The van der Waals surface area contributed by atoms with E-state index in [1.807, 2.05) is 6.07 Å². The fourth-order valence-electron chi connectivity index (χ4n) is 1.67. The van der Waals surface area contributed by atoms with Crippen LogP contribution in [0.1, 0.15) is 31.6 Å². The number of nitrogens with one attached hydrogen (secondary N) is 1. The summed E-state index contributed by atoms with van der Waals surface area (Å²) >= 11 is 1.23. The van der Waals surface area contributed by atoms with Crippen molar-refractivity contribution in [1.82, 2.24) is 5.32 Å². The molecule has 1 N–H and O–H groups in total. The van der Waals surface area contributed by atoms with Gasteiger partial charge in [0.05, 0.1) is 4.92 Å². The molecule has 98 valence electrons. The molecule has 1 aromatic heterocycles. The number of nitro groups is 1. The zero-order chi connectivity index (χ0) is 13.1. The Hall–Kier alpha value is -1.20. The van der Waals surface area contributed by atoms with Crippen molar-refractivity contribution in [1.29, 1.82) is 0 Å². The first kappa shape index (κ1) is 13.2. The van der Waals surface area contributed by atoms with Crippen molar-refractivity contribution in [3.05, 3.63) is 32.7 Å². The minimum atomic E-state index is -0.334. The largest absolute Gasteiger partial charge is 0.324 e. The van der Waals surface area contributed by atoms with Gasteiger partial charge >= 0.3 is 5.00 Å². The van der Waals surface area contributed by atoms with Crippen molar-refractivity contribution in [2.75, 3.05) is 6.54 Å². The number of hydrogen-bond donors (Lipinski definition) is 1. The van der Waals surface area contributed by atoms with E-state index in [9.17, 15) is 10.1 Å². The Kier molecular flexibility index (Phi) is 4.14. The molecule has 0 radical (unpaired) electrons. The van der Waals surface area contributed by atoms with Gasteiger partial charge in [0.25, 0.3) is 0 Å². The molecule has 0 amide bonds. The van der Waals surface area contributed by atoms with Gasteiger partial charge in [0.2, 0.25) is 0 Å². The van der Waals surface area contributed by atoms with Gasteiger partial charge in [-0.05, 0) is 30.9 Å². The van der Waals surface area contributed by atoms with Gasteiger partial charge in [-0.25, -0.2) is 0 Å². The second kappa shape index (κ2) is 5.63. The molecule has 0 aliphatic heterocycles. The highest BCUT2D eigenvalue weighted by Crippen LogP contribution is 2.27. The average molecular weight is 266 g/mol. The number of nitrogens with zero attached hydrogens (tertiary/aromatic N) is 1.